The van der Waals surface area contributed by atoms with Crippen molar-refractivity contribution in [1.29, 1.82) is 0 Å². The standard InChI is InChI=1S/C35H20F6N2O6/c36-34(37,38)33(35(39,40)41,21-7-11-25(12-8-21)48-27-5-1-3-23(19-27)42-29(44)15-16-30(42)45)22-9-13-26(14-10-22)49-28-6-2-4-24(20-28)43-31(46)17-18-32(43)47/h1-20H. The van der Waals surface area contributed by atoms with Crippen LogP contribution in [0.2, 0.25) is 0 Å². The van der Waals surface area contributed by atoms with Crippen molar-refractivity contribution in [3.05, 3.63) is 132 Å². The van der Waals surface area contributed by atoms with Crippen molar-refractivity contribution < 1.29 is 55.0 Å². The quantitative estimate of drug-likeness (QED) is 0.141. The van der Waals surface area contributed by atoms with E-state index < -0.39 is 52.5 Å². The fraction of sp³-hybridized carbons (Fsp3) is 0.0857. The van der Waals surface area contributed by atoms with Crippen LogP contribution in [0.1, 0.15) is 11.1 Å². The molecule has 2 aliphatic rings. The minimum Gasteiger partial charge on any atom is -0.457 e. The van der Waals surface area contributed by atoms with Gasteiger partial charge in [-0.05, 0) is 59.7 Å². The first-order chi connectivity index (χ1) is 23.2. The van der Waals surface area contributed by atoms with Gasteiger partial charge in [-0.3, -0.25) is 19.2 Å². The molecule has 0 atom stereocenters. The predicted molar refractivity (Wildman–Crippen MR) is 162 cm³/mol. The largest absolute Gasteiger partial charge is 0.457 e. The van der Waals surface area contributed by atoms with Crippen molar-refractivity contribution in [3.8, 4) is 23.0 Å². The minimum absolute atomic E-state index is 0.0621. The van der Waals surface area contributed by atoms with Gasteiger partial charge in [-0.1, -0.05) is 36.4 Å². The van der Waals surface area contributed by atoms with Crippen molar-refractivity contribution in [2.75, 3.05) is 9.80 Å². The Labute approximate surface area is 273 Å². The lowest BCUT2D eigenvalue weighted by Gasteiger charge is -2.38. The monoisotopic (exact) mass is 678 g/mol. The van der Waals surface area contributed by atoms with Crippen molar-refractivity contribution in [3.63, 3.8) is 0 Å². The Morgan fingerprint density at radius 2 is 0.755 bits per heavy atom. The van der Waals surface area contributed by atoms with Crippen LogP contribution in [0.5, 0.6) is 23.0 Å². The maximum Gasteiger partial charge on any atom is 0.411 e. The molecule has 4 aromatic carbocycles. The summed E-state index contributed by atoms with van der Waals surface area (Å²) >= 11 is 0. The number of carbonyl (C=O) groups is 4. The summed E-state index contributed by atoms with van der Waals surface area (Å²) in [5.41, 5.74) is -6.43. The molecule has 4 amide bonds. The SMILES string of the molecule is O=C1C=CC(=O)N1c1cccc(Oc2ccc(C(c3ccc(Oc4cccc(N5C(=O)C=CC5=O)c4)cc3)(C(F)(F)F)C(F)(F)F)cc2)c1. The van der Waals surface area contributed by atoms with Crippen molar-refractivity contribution in [2.45, 2.75) is 17.8 Å². The summed E-state index contributed by atoms with van der Waals surface area (Å²) in [7, 11) is 0. The van der Waals surface area contributed by atoms with Crippen LogP contribution in [0.25, 0.3) is 0 Å². The third-order valence-electron chi connectivity index (χ3n) is 7.67. The molecule has 248 valence electrons. The van der Waals surface area contributed by atoms with E-state index in [2.05, 4.69) is 0 Å². The third-order valence-corrected chi connectivity index (χ3v) is 7.67. The van der Waals surface area contributed by atoms with Gasteiger partial charge in [0.2, 0.25) is 5.41 Å². The fourth-order valence-corrected chi connectivity index (χ4v) is 5.48. The molecule has 0 aliphatic carbocycles. The van der Waals surface area contributed by atoms with Gasteiger partial charge in [-0.2, -0.15) is 26.3 Å². The number of halogens is 6. The van der Waals surface area contributed by atoms with Crippen molar-refractivity contribution >= 4 is 35.0 Å². The van der Waals surface area contributed by atoms with Crippen molar-refractivity contribution in [2.24, 2.45) is 0 Å². The minimum atomic E-state index is -5.86. The number of hydrogen-bond acceptors (Lipinski definition) is 6. The third kappa shape index (κ3) is 5.92. The topological polar surface area (TPSA) is 93.2 Å². The molecule has 8 nitrogen and oxygen atoms in total. The lowest BCUT2D eigenvalue weighted by Crippen LogP contribution is -2.54. The lowest BCUT2D eigenvalue weighted by atomic mass is 9.73. The molecule has 0 spiro atoms. The molecule has 0 aromatic heterocycles. The van der Waals surface area contributed by atoms with Gasteiger partial charge >= 0.3 is 12.4 Å². The molecule has 0 fully saturated rings. The molecule has 2 heterocycles. The molecule has 6 rings (SSSR count). The number of anilines is 2. The van der Waals surface area contributed by atoms with Gasteiger partial charge in [0.25, 0.3) is 23.6 Å². The summed E-state index contributed by atoms with van der Waals surface area (Å²) in [6.07, 6.45) is -7.42. The van der Waals surface area contributed by atoms with E-state index >= 15 is 0 Å². The zero-order chi connectivity index (χ0) is 35.1. The zero-order valence-electron chi connectivity index (χ0n) is 24.7. The van der Waals surface area contributed by atoms with Crippen LogP contribution in [0.4, 0.5) is 37.7 Å². The number of nitrogens with zero attached hydrogens (tertiary/aromatic N) is 2. The van der Waals surface area contributed by atoms with Gasteiger partial charge in [0.05, 0.1) is 11.4 Å². The van der Waals surface area contributed by atoms with Crippen LogP contribution in [-0.4, -0.2) is 36.0 Å². The summed E-state index contributed by atoms with van der Waals surface area (Å²) in [6, 6.07) is 17.7. The van der Waals surface area contributed by atoms with Gasteiger partial charge in [0, 0.05) is 36.4 Å². The molecular formula is C35H20F6N2O6. The Kier molecular flexibility index (Phi) is 8.10. The van der Waals surface area contributed by atoms with Crippen LogP contribution in [0, 0.1) is 0 Å². The second-order valence-electron chi connectivity index (χ2n) is 10.7. The Balaban J connectivity index is 1.28. The lowest BCUT2D eigenvalue weighted by molar-refractivity contribution is -0.288. The molecular weight excluding hydrogens is 658 g/mol. The molecule has 2 aliphatic heterocycles. The highest BCUT2D eigenvalue weighted by Gasteiger charge is 2.72. The van der Waals surface area contributed by atoms with Gasteiger partial charge in [-0.25, -0.2) is 9.80 Å². The molecule has 0 saturated carbocycles. The van der Waals surface area contributed by atoms with E-state index in [1.807, 2.05) is 0 Å². The number of carbonyl (C=O) groups excluding carboxylic acids is 4. The molecule has 4 aromatic rings. The van der Waals surface area contributed by atoms with E-state index in [-0.39, 0.29) is 34.4 Å². The first-order valence-electron chi connectivity index (χ1n) is 14.2. The maximum atomic E-state index is 14.7. The van der Waals surface area contributed by atoms with E-state index in [9.17, 15) is 45.5 Å². The second-order valence-corrected chi connectivity index (χ2v) is 10.7. The number of alkyl halides is 6. The van der Waals surface area contributed by atoms with E-state index in [1.54, 1.807) is 0 Å². The fourth-order valence-electron chi connectivity index (χ4n) is 5.48. The summed E-state index contributed by atoms with van der Waals surface area (Å²) in [4.78, 5) is 49.7. The molecule has 0 unspecified atom stereocenters. The maximum absolute atomic E-state index is 14.7. The molecule has 14 heteroatoms. The van der Waals surface area contributed by atoms with E-state index in [1.165, 1.54) is 48.5 Å². The van der Waals surface area contributed by atoms with E-state index in [4.69, 9.17) is 9.47 Å². The average molecular weight is 679 g/mol. The highest BCUT2D eigenvalue weighted by Crippen LogP contribution is 2.56. The summed E-state index contributed by atoms with van der Waals surface area (Å²) in [6.45, 7) is 0. The van der Waals surface area contributed by atoms with Gasteiger partial charge < -0.3 is 9.47 Å². The van der Waals surface area contributed by atoms with Gasteiger partial charge in [0.15, 0.2) is 0 Å². The molecule has 0 radical (unpaired) electrons. The Morgan fingerprint density at radius 3 is 1.06 bits per heavy atom. The Bertz CT molecular complexity index is 1850. The van der Waals surface area contributed by atoms with E-state index in [0.717, 1.165) is 58.4 Å². The number of amides is 4. The average Bonchev–Trinajstić information content (AvgIpc) is 3.56. The molecule has 0 bridgehead atoms. The summed E-state index contributed by atoms with van der Waals surface area (Å²) < 4.78 is 99.7. The van der Waals surface area contributed by atoms with Crippen LogP contribution in [0.3, 0.4) is 0 Å². The number of benzene rings is 4. The molecule has 0 N–H and O–H groups in total. The molecule has 49 heavy (non-hydrogen) atoms. The summed E-state index contributed by atoms with van der Waals surface area (Å²) in [5.74, 6) is -2.49. The number of hydrogen-bond donors (Lipinski definition) is 0. The first kappa shape index (κ1) is 32.7. The molecule has 0 saturated heterocycles. The predicted octanol–water partition coefficient (Wildman–Crippen LogP) is 7.54. The number of rotatable bonds is 8. The van der Waals surface area contributed by atoms with Crippen LogP contribution >= 0.6 is 0 Å². The Hall–Kier alpha value is -6.18. The Morgan fingerprint density at radius 1 is 0.429 bits per heavy atom. The van der Waals surface area contributed by atoms with Gasteiger partial charge in [-0.15, -0.1) is 0 Å². The van der Waals surface area contributed by atoms with Crippen LogP contribution in [-0.2, 0) is 24.6 Å². The number of ether oxygens (including phenoxy) is 2. The zero-order valence-corrected chi connectivity index (χ0v) is 24.7. The van der Waals surface area contributed by atoms with E-state index in [0.29, 0.717) is 24.3 Å². The van der Waals surface area contributed by atoms with Crippen molar-refractivity contribution in [1.82, 2.24) is 0 Å². The summed E-state index contributed by atoms with van der Waals surface area (Å²) in [5, 5.41) is 0. The van der Waals surface area contributed by atoms with Crippen LogP contribution in [0.15, 0.2) is 121 Å². The number of imide groups is 2. The second kappa shape index (κ2) is 12.1. The van der Waals surface area contributed by atoms with Gasteiger partial charge in [0.1, 0.15) is 23.0 Å². The smallest absolute Gasteiger partial charge is 0.411 e. The normalized spacial score (nSPS) is 15.1. The van der Waals surface area contributed by atoms with Crippen LogP contribution < -0.4 is 19.3 Å². The highest BCUT2D eigenvalue weighted by molar-refractivity contribution is 6.28. The first-order valence-corrected chi connectivity index (χ1v) is 14.2. The highest BCUT2D eigenvalue weighted by atomic mass is 19.4.